The highest BCUT2D eigenvalue weighted by atomic mass is 16.5. The van der Waals surface area contributed by atoms with Crippen LogP contribution in [0.3, 0.4) is 0 Å². The van der Waals surface area contributed by atoms with Crippen LogP contribution in [0.4, 0.5) is 0 Å². The number of methoxy groups -OCH3 is 1. The monoisotopic (exact) mass is 307 g/mol. The molecule has 4 heteroatoms. The molecule has 1 N–H and O–H groups in total. The summed E-state index contributed by atoms with van der Waals surface area (Å²) >= 11 is 0. The fraction of sp³-hybridized carbons (Fsp3) is 0.667. The van der Waals surface area contributed by atoms with Gasteiger partial charge in [-0.15, -0.1) is 0 Å². The zero-order valence-electron chi connectivity index (χ0n) is 14.4. The van der Waals surface area contributed by atoms with Crippen LogP contribution in [0, 0.1) is 0 Å². The quantitative estimate of drug-likeness (QED) is 0.875. The number of unbranched alkanes of at least 4 members (excludes halogenated alkanes) is 1. The van der Waals surface area contributed by atoms with Crippen molar-refractivity contribution in [2.24, 2.45) is 0 Å². The Kier molecular flexibility index (Phi) is 5.35. The summed E-state index contributed by atoms with van der Waals surface area (Å²) < 4.78 is 11.5. The maximum Gasteiger partial charge on any atom is 0.129 e. The number of aliphatic hydroxyl groups is 1. The second kappa shape index (κ2) is 6.88. The van der Waals surface area contributed by atoms with E-state index >= 15 is 0 Å². The Bertz CT molecular complexity index is 501. The maximum absolute atomic E-state index is 11.0. The molecule has 0 aliphatic carbocycles. The van der Waals surface area contributed by atoms with E-state index in [0.29, 0.717) is 0 Å². The van der Waals surface area contributed by atoms with E-state index in [9.17, 15) is 5.11 Å². The summed E-state index contributed by atoms with van der Waals surface area (Å²) in [5, 5.41) is 11.0. The molecule has 1 aromatic carbocycles. The van der Waals surface area contributed by atoms with Gasteiger partial charge in [-0.1, -0.05) is 20.3 Å². The van der Waals surface area contributed by atoms with Gasteiger partial charge in [0, 0.05) is 11.6 Å². The van der Waals surface area contributed by atoms with Crippen LogP contribution in [-0.4, -0.2) is 41.8 Å². The molecule has 2 rings (SSSR count). The summed E-state index contributed by atoms with van der Waals surface area (Å²) in [6.07, 6.45) is 1.72. The van der Waals surface area contributed by atoms with Crippen LogP contribution in [0.15, 0.2) is 18.2 Å². The molecule has 0 bridgehead atoms. The van der Waals surface area contributed by atoms with E-state index in [1.165, 1.54) is 0 Å². The minimum Gasteiger partial charge on any atom is -0.497 e. The lowest BCUT2D eigenvalue weighted by molar-refractivity contribution is -0.0817. The minimum atomic E-state index is -0.554. The molecule has 0 fully saturated rings. The standard InChI is InChI=1S/C18H29NO3/c1-6-8-11-19(7-2)17-16(20)14-10-9-13(21-5)12-15(14)22-18(17,3)4/h9-10,12,16-17,20H,6-8,11H2,1-5H3. The van der Waals surface area contributed by atoms with Gasteiger partial charge in [-0.3, -0.25) is 4.90 Å². The van der Waals surface area contributed by atoms with Crippen molar-refractivity contribution in [1.82, 2.24) is 4.90 Å². The highest BCUT2D eigenvalue weighted by Crippen LogP contribution is 2.43. The molecule has 2 unspecified atom stereocenters. The van der Waals surface area contributed by atoms with Crippen molar-refractivity contribution in [3.63, 3.8) is 0 Å². The average molecular weight is 307 g/mol. The molecule has 0 amide bonds. The molecule has 0 spiro atoms. The van der Waals surface area contributed by atoms with Crippen molar-refractivity contribution >= 4 is 0 Å². The van der Waals surface area contributed by atoms with Crippen molar-refractivity contribution in [1.29, 1.82) is 0 Å². The Balaban J connectivity index is 2.35. The van der Waals surface area contributed by atoms with E-state index < -0.39 is 11.7 Å². The normalized spacial score (nSPS) is 23.0. The van der Waals surface area contributed by atoms with Crippen LogP contribution in [0.5, 0.6) is 11.5 Å². The fourth-order valence-corrected chi connectivity index (χ4v) is 3.36. The first-order valence-electron chi connectivity index (χ1n) is 8.23. The SMILES string of the molecule is CCCCN(CC)C1C(O)c2ccc(OC)cc2OC1(C)C. The van der Waals surface area contributed by atoms with Crippen LogP contribution in [0.2, 0.25) is 0 Å². The number of ether oxygens (including phenoxy) is 2. The molecule has 22 heavy (non-hydrogen) atoms. The van der Waals surface area contributed by atoms with E-state index in [2.05, 4.69) is 32.6 Å². The summed E-state index contributed by atoms with van der Waals surface area (Å²) in [7, 11) is 1.64. The van der Waals surface area contributed by atoms with Crippen LogP contribution in [0.25, 0.3) is 0 Å². The summed E-state index contributed by atoms with van der Waals surface area (Å²) in [5.41, 5.74) is 0.391. The van der Waals surface area contributed by atoms with Crippen LogP contribution < -0.4 is 9.47 Å². The van der Waals surface area contributed by atoms with Gasteiger partial charge in [0.2, 0.25) is 0 Å². The molecule has 4 nitrogen and oxygen atoms in total. The molecule has 1 heterocycles. The van der Waals surface area contributed by atoms with Gasteiger partial charge in [-0.25, -0.2) is 0 Å². The Morgan fingerprint density at radius 3 is 2.64 bits per heavy atom. The minimum absolute atomic E-state index is 0.0510. The first kappa shape index (κ1) is 17.1. The summed E-state index contributed by atoms with van der Waals surface area (Å²) in [4.78, 5) is 2.33. The molecule has 1 aliphatic heterocycles. The second-order valence-electron chi connectivity index (χ2n) is 6.48. The zero-order chi connectivity index (χ0) is 16.3. The molecule has 0 saturated heterocycles. The largest absolute Gasteiger partial charge is 0.497 e. The Morgan fingerprint density at radius 1 is 1.32 bits per heavy atom. The van der Waals surface area contributed by atoms with Gasteiger partial charge in [0.05, 0.1) is 13.2 Å². The van der Waals surface area contributed by atoms with Crippen LogP contribution in [-0.2, 0) is 0 Å². The first-order valence-corrected chi connectivity index (χ1v) is 8.23. The second-order valence-corrected chi connectivity index (χ2v) is 6.48. The smallest absolute Gasteiger partial charge is 0.129 e. The Labute approximate surface area is 134 Å². The topological polar surface area (TPSA) is 41.9 Å². The molecule has 2 atom stereocenters. The first-order chi connectivity index (χ1) is 10.4. The van der Waals surface area contributed by atoms with Crippen molar-refractivity contribution in [2.45, 2.75) is 58.3 Å². The summed E-state index contributed by atoms with van der Waals surface area (Å²) in [6, 6.07) is 5.60. The predicted molar refractivity (Wildman–Crippen MR) is 88.6 cm³/mol. The van der Waals surface area contributed by atoms with Crippen LogP contribution >= 0.6 is 0 Å². The Morgan fingerprint density at radius 2 is 2.05 bits per heavy atom. The number of hydrogen-bond donors (Lipinski definition) is 1. The molecule has 0 radical (unpaired) electrons. The lowest BCUT2D eigenvalue weighted by Gasteiger charge is -2.48. The lowest BCUT2D eigenvalue weighted by Crippen LogP contribution is -2.58. The number of likely N-dealkylation sites (N-methyl/N-ethyl adjacent to an activating group) is 1. The number of nitrogens with zero attached hydrogens (tertiary/aromatic N) is 1. The molecule has 1 aromatic rings. The summed E-state index contributed by atoms with van der Waals surface area (Å²) in [6.45, 7) is 10.3. The third kappa shape index (κ3) is 3.23. The number of hydrogen-bond acceptors (Lipinski definition) is 4. The van der Waals surface area contributed by atoms with Gasteiger partial charge in [0.15, 0.2) is 0 Å². The third-order valence-electron chi connectivity index (χ3n) is 4.52. The number of aliphatic hydroxyl groups excluding tert-OH is 1. The molecular formula is C18H29NO3. The van der Waals surface area contributed by atoms with Crippen molar-refractivity contribution in [2.75, 3.05) is 20.2 Å². The average Bonchev–Trinajstić information content (AvgIpc) is 2.49. The van der Waals surface area contributed by atoms with Crippen molar-refractivity contribution in [3.05, 3.63) is 23.8 Å². The Hall–Kier alpha value is -1.26. The van der Waals surface area contributed by atoms with E-state index in [1.807, 2.05) is 18.2 Å². The third-order valence-corrected chi connectivity index (χ3v) is 4.52. The fourth-order valence-electron chi connectivity index (χ4n) is 3.36. The lowest BCUT2D eigenvalue weighted by atomic mass is 9.84. The van der Waals surface area contributed by atoms with Gasteiger partial charge in [0.25, 0.3) is 0 Å². The summed E-state index contributed by atoms with van der Waals surface area (Å²) in [5.74, 6) is 1.47. The van der Waals surface area contributed by atoms with Gasteiger partial charge >= 0.3 is 0 Å². The van der Waals surface area contributed by atoms with E-state index in [0.717, 1.165) is 43.0 Å². The molecular weight excluding hydrogens is 278 g/mol. The van der Waals surface area contributed by atoms with Gasteiger partial charge in [-0.05, 0) is 45.5 Å². The number of fused-ring (bicyclic) bond motifs is 1. The zero-order valence-corrected chi connectivity index (χ0v) is 14.4. The maximum atomic E-state index is 11.0. The van der Waals surface area contributed by atoms with Gasteiger partial charge in [0.1, 0.15) is 23.2 Å². The van der Waals surface area contributed by atoms with E-state index in [1.54, 1.807) is 7.11 Å². The number of rotatable bonds is 6. The van der Waals surface area contributed by atoms with Crippen molar-refractivity contribution in [3.8, 4) is 11.5 Å². The predicted octanol–water partition coefficient (Wildman–Crippen LogP) is 3.39. The van der Waals surface area contributed by atoms with E-state index in [4.69, 9.17) is 9.47 Å². The molecule has 0 saturated carbocycles. The molecule has 1 aliphatic rings. The van der Waals surface area contributed by atoms with Crippen LogP contribution in [0.1, 0.15) is 52.2 Å². The molecule has 0 aromatic heterocycles. The number of benzene rings is 1. The van der Waals surface area contributed by atoms with Gasteiger partial charge < -0.3 is 14.6 Å². The van der Waals surface area contributed by atoms with E-state index in [-0.39, 0.29) is 6.04 Å². The molecule has 124 valence electrons. The highest BCUT2D eigenvalue weighted by Gasteiger charge is 2.45. The van der Waals surface area contributed by atoms with Crippen molar-refractivity contribution < 1.29 is 14.6 Å². The van der Waals surface area contributed by atoms with Gasteiger partial charge in [-0.2, -0.15) is 0 Å². The highest BCUT2D eigenvalue weighted by molar-refractivity contribution is 5.45.